The molecule has 0 aromatic heterocycles. The number of likely N-dealkylation sites (N-methyl/N-ethyl adjacent to an activating group) is 2. The number of rotatable bonds is 0. The van der Waals surface area contributed by atoms with Crippen molar-refractivity contribution in [2.45, 2.75) is 0 Å². The summed E-state index contributed by atoms with van der Waals surface area (Å²) >= 11 is 0. The molecule has 144 valence electrons. The normalized spacial score (nSPS) is 25.0. The van der Waals surface area contributed by atoms with Gasteiger partial charge in [-0.25, -0.2) is 9.59 Å². The van der Waals surface area contributed by atoms with Gasteiger partial charge in [0.25, 0.3) is 11.6 Å². The quantitative estimate of drug-likeness (QED) is 0.381. The largest absolute Gasteiger partial charge is 0.540 e. The van der Waals surface area contributed by atoms with Gasteiger partial charge < -0.3 is 0 Å². The molecule has 2 unspecified atom stereocenters. The van der Waals surface area contributed by atoms with Gasteiger partial charge in [0.1, 0.15) is 0 Å². The number of carbonyl (C=O) groups is 6. The zero-order valence-corrected chi connectivity index (χ0v) is 15.4. The molecule has 0 radical (unpaired) electrons. The van der Waals surface area contributed by atoms with Crippen LogP contribution in [-0.4, -0.2) is 49.7 Å². The second kappa shape index (κ2) is 5.84. The highest BCUT2D eigenvalue weighted by Gasteiger charge is 2.61. The van der Waals surface area contributed by atoms with Crippen molar-refractivity contribution in [3.63, 3.8) is 0 Å². The second-order valence-electron chi connectivity index (χ2n) is 6.95. The molecule has 4 amide bonds. The lowest BCUT2D eigenvalue weighted by Gasteiger charge is -2.24. The van der Waals surface area contributed by atoms with E-state index in [9.17, 15) is 28.8 Å². The van der Waals surface area contributed by atoms with E-state index in [1.54, 1.807) is 0 Å². The van der Waals surface area contributed by atoms with Gasteiger partial charge in [0.05, 0.1) is 25.2 Å². The number of ether oxygens (including phenoxy) is 1. The lowest BCUT2D eigenvalue weighted by molar-refractivity contribution is -0.122. The van der Waals surface area contributed by atoms with Crippen molar-refractivity contribution in [2.24, 2.45) is 0 Å². The van der Waals surface area contributed by atoms with Crippen LogP contribution in [0.4, 0.5) is 21.0 Å². The Bertz CT molecular complexity index is 1090. The Morgan fingerprint density at radius 3 is 1.38 bits per heavy atom. The first-order valence-corrected chi connectivity index (χ1v) is 8.52. The van der Waals surface area contributed by atoms with E-state index in [-0.39, 0.29) is 22.5 Å². The Morgan fingerprint density at radius 1 is 0.655 bits per heavy atom. The number of benzene rings is 2. The standard InChI is InChI=1S/C20H14N2O7/c1-21(13-9-5-3-7-11(13)15(23)17(21)25)19(27)29-20(28)22(2)14-10-6-4-8-12(14)16(24)18(22)26/h3-10H,1-2H3/q+2. The third kappa shape index (κ3) is 2.16. The number of hydrogen-bond acceptors (Lipinski definition) is 7. The zero-order valence-electron chi connectivity index (χ0n) is 15.4. The topological polar surface area (TPSA) is 112 Å². The molecule has 0 aliphatic carbocycles. The maximum atomic E-state index is 12.8. The maximum Gasteiger partial charge on any atom is 0.540 e. The fourth-order valence-corrected chi connectivity index (χ4v) is 3.59. The van der Waals surface area contributed by atoms with Gasteiger partial charge in [-0.15, -0.1) is 8.97 Å². The van der Waals surface area contributed by atoms with Crippen molar-refractivity contribution >= 4 is 46.9 Å². The Balaban J connectivity index is 1.72. The molecule has 29 heavy (non-hydrogen) atoms. The van der Waals surface area contributed by atoms with E-state index in [2.05, 4.69) is 0 Å². The van der Waals surface area contributed by atoms with Crippen LogP contribution >= 0.6 is 0 Å². The number of Topliss-reactive ketones (excluding diaryl/α,β-unsaturated/α-hetero) is 2. The van der Waals surface area contributed by atoms with Gasteiger partial charge in [0.15, 0.2) is 11.4 Å². The van der Waals surface area contributed by atoms with Crippen molar-refractivity contribution in [3.8, 4) is 0 Å². The summed E-state index contributed by atoms with van der Waals surface area (Å²) in [6.45, 7) is 0. The van der Waals surface area contributed by atoms with Crippen LogP contribution < -0.4 is 8.97 Å². The van der Waals surface area contributed by atoms with Gasteiger partial charge >= 0.3 is 24.0 Å². The number of amides is 4. The monoisotopic (exact) mass is 394 g/mol. The third-order valence-electron chi connectivity index (χ3n) is 5.37. The summed E-state index contributed by atoms with van der Waals surface area (Å²) in [5.41, 5.74) is 0.185. The van der Waals surface area contributed by atoms with Crippen LogP contribution in [0, 0.1) is 0 Å². The highest BCUT2D eigenvalue weighted by molar-refractivity contribution is 6.54. The molecule has 4 rings (SSSR count). The van der Waals surface area contributed by atoms with Crippen LogP contribution in [0.15, 0.2) is 48.5 Å². The highest BCUT2D eigenvalue weighted by Crippen LogP contribution is 2.37. The Labute approximate surface area is 163 Å². The minimum atomic E-state index is -1.35. The summed E-state index contributed by atoms with van der Waals surface area (Å²) in [6, 6.07) is 11.7. The van der Waals surface area contributed by atoms with Gasteiger partial charge in [-0.05, 0) is 12.1 Å². The van der Waals surface area contributed by atoms with E-state index < -0.39 is 44.5 Å². The number of hydrogen-bond donors (Lipinski definition) is 0. The summed E-state index contributed by atoms with van der Waals surface area (Å²) in [5.74, 6) is -3.94. The molecule has 9 heteroatoms. The van der Waals surface area contributed by atoms with Crippen LogP contribution in [0.25, 0.3) is 0 Å². The minimum absolute atomic E-state index is 0.0302. The van der Waals surface area contributed by atoms with Crippen molar-refractivity contribution in [2.75, 3.05) is 14.1 Å². The van der Waals surface area contributed by atoms with Gasteiger partial charge in [-0.2, -0.15) is 9.59 Å². The summed E-state index contributed by atoms with van der Waals surface area (Å²) in [5, 5.41) is 0. The average molecular weight is 394 g/mol. The molecule has 0 fully saturated rings. The minimum Gasteiger partial charge on any atom is -0.296 e. The van der Waals surface area contributed by atoms with E-state index in [0.717, 1.165) is 14.1 Å². The highest BCUT2D eigenvalue weighted by atomic mass is 16.6. The molecule has 2 atom stereocenters. The molecule has 0 saturated carbocycles. The summed E-state index contributed by atoms with van der Waals surface area (Å²) in [7, 11) is 2.26. The Kier molecular flexibility index (Phi) is 3.73. The molecule has 0 saturated heterocycles. The van der Waals surface area contributed by atoms with Crippen LogP contribution in [0.3, 0.4) is 0 Å². The third-order valence-corrected chi connectivity index (χ3v) is 5.37. The number of quaternary nitrogens is 2. The number of carbonyl (C=O) groups excluding carboxylic acids is 6. The fourth-order valence-electron chi connectivity index (χ4n) is 3.59. The van der Waals surface area contributed by atoms with Crippen molar-refractivity contribution in [1.82, 2.24) is 8.97 Å². The molecular formula is C20H14N2O7+2. The van der Waals surface area contributed by atoms with Gasteiger partial charge in [0, 0.05) is 12.1 Å². The lowest BCUT2D eigenvalue weighted by atomic mass is 10.1. The number of ketones is 2. The molecular weight excluding hydrogens is 380 g/mol. The van der Waals surface area contributed by atoms with Gasteiger partial charge in [-0.1, -0.05) is 24.3 Å². The van der Waals surface area contributed by atoms with Crippen LogP contribution in [0.1, 0.15) is 20.7 Å². The molecule has 2 aromatic carbocycles. The predicted molar refractivity (Wildman–Crippen MR) is 98.9 cm³/mol. The van der Waals surface area contributed by atoms with E-state index in [1.807, 2.05) is 0 Å². The average Bonchev–Trinajstić information content (AvgIpc) is 3.06. The number of fused-ring (bicyclic) bond motifs is 2. The smallest absolute Gasteiger partial charge is 0.296 e. The van der Waals surface area contributed by atoms with E-state index in [0.29, 0.717) is 0 Å². The first-order valence-electron chi connectivity index (χ1n) is 8.52. The molecule has 0 N–H and O–H groups in total. The lowest BCUT2D eigenvalue weighted by Crippen LogP contribution is -2.60. The van der Waals surface area contributed by atoms with Crippen LogP contribution in [0.2, 0.25) is 0 Å². The summed E-state index contributed by atoms with van der Waals surface area (Å²) < 4.78 is 2.49. The fraction of sp³-hybridized carbons (Fsp3) is 0.100. The van der Waals surface area contributed by atoms with E-state index in [1.165, 1.54) is 48.5 Å². The number of nitrogens with zero attached hydrogens (tertiary/aromatic N) is 2. The molecule has 0 bridgehead atoms. The predicted octanol–water partition coefficient (Wildman–Crippen LogP) is 1.96. The molecule has 9 nitrogen and oxygen atoms in total. The maximum absolute atomic E-state index is 12.8. The van der Waals surface area contributed by atoms with E-state index in [4.69, 9.17) is 4.74 Å². The van der Waals surface area contributed by atoms with Crippen LogP contribution in [-0.2, 0) is 14.3 Å². The zero-order chi connectivity index (χ0) is 21.1. The number of imide groups is 2. The molecule has 2 aliphatic heterocycles. The van der Waals surface area contributed by atoms with Crippen molar-refractivity contribution in [1.29, 1.82) is 0 Å². The van der Waals surface area contributed by atoms with Crippen molar-refractivity contribution < 1.29 is 33.5 Å². The summed E-state index contributed by atoms with van der Waals surface area (Å²) in [4.78, 5) is 75.1. The van der Waals surface area contributed by atoms with Crippen molar-refractivity contribution in [3.05, 3.63) is 59.7 Å². The Morgan fingerprint density at radius 2 is 1.00 bits per heavy atom. The Hall–Kier alpha value is -3.82. The first kappa shape index (κ1) is 18.5. The summed E-state index contributed by atoms with van der Waals surface area (Å²) in [6.07, 6.45) is -2.69. The first-order chi connectivity index (χ1) is 13.6. The molecule has 2 heterocycles. The van der Waals surface area contributed by atoms with Gasteiger partial charge in [-0.3, -0.25) is 14.3 Å². The molecule has 2 aromatic rings. The number of para-hydroxylation sites is 2. The SMILES string of the molecule is C[N+]1(C(=O)OC(=O)[N+]2(C)C(=O)C(=O)c3ccccc32)C(=O)C(=O)c2ccccc21. The van der Waals surface area contributed by atoms with Crippen LogP contribution in [0.5, 0.6) is 0 Å². The van der Waals surface area contributed by atoms with E-state index >= 15 is 0 Å². The van der Waals surface area contributed by atoms with Gasteiger partial charge in [0.2, 0.25) is 0 Å². The molecule has 0 spiro atoms. The second-order valence-corrected chi connectivity index (χ2v) is 6.95. The molecule has 2 aliphatic rings.